The molecule has 0 saturated carbocycles. The molecule has 3 nitrogen and oxygen atoms in total. The summed E-state index contributed by atoms with van der Waals surface area (Å²) in [5.41, 5.74) is 0.773. The summed E-state index contributed by atoms with van der Waals surface area (Å²) >= 11 is 0. The van der Waals surface area contributed by atoms with E-state index in [9.17, 15) is 4.39 Å². The van der Waals surface area contributed by atoms with Gasteiger partial charge >= 0.3 is 0 Å². The molecule has 0 fully saturated rings. The number of halogens is 1. The second kappa shape index (κ2) is 7.09. The van der Waals surface area contributed by atoms with Crippen molar-refractivity contribution in [1.29, 1.82) is 0 Å². The molecule has 4 heteroatoms. The zero-order valence-corrected chi connectivity index (χ0v) is 12.5. The van der Waals surface area contributed by atoms with Crippen LogP contribution in [0, 0.1) is 5.82 Å². The van der Waals surface area contributed by atoms with Gasteiger partial charge in [-0.15, -0.1) is 0 Å². The van der Waals surface area contributed by atoms with Crippen molar-refractivity contribution in [3.63, 3.8) is 0 Å². The highest BCUT2D eigenvalue weighted by Gasteiger charge is 2.10. The zero-order valence-electron chi connectivity index (χ0n) is 12.5. The third-order valence-corrected chi connectivity index (χ3v) is 3.01. The van der Waals surface area contributed by atoms with E-state index in [2.05, 4.69) is 5.32 Å². The monoisotopic (exact) mass is 289 g/mol. The molecule has 0 aliphatic carbocycles. The predicted octanol–water partition coefficient (Wildman–Crippen LogP) is 4.12. The van der Waals surface area contributed by atoms with Crippen LogP contribution in [0.4, 0.5) is 4.39 Å². The van der Waals surface area contributed by atoms with Gasteiger partial charge in [0.15, 0.2) is 11.5 Å². The molecule has 0 atom stereocenters. The first-order valence-corrected chi connectivity index (χ1v) is 6.93. The van der Waals surface area contributed by atoms with Gasteiger partial charge in [0.1, 0.15) is 11.6 Å². The first-order chi connectivity index (χ1) is 10.1. The Hall–Kier alpha value is -2.07. The standard InChI is InChI=1S/C17H20FNO2/c1-12(2)19-11-13-10-14(18)8-9-15(13)21-17-7-5-4-6-16(17)20-3/h4-10,12,19H,11H2,1-3H3. The fraction of sp³-hybridized carbons (Fsp3) is 0.294. The Balaban J connectivity index is 2.26. The lowest BCUT2D eigenvalue weighted by Gasteiger charge is -2.15. The van der Waals surface area contributed by atoms with Crippen LogP contribution in [0.3, 0.4) is 0 Å². The smallest absolute Gasteiger partial charge is 0.169 e. The average molecular weight is 289 g/mol. The lowest BCUT2D eigenvalue weighted by Crippen LogP contribution is -2.22. The molecule has 0 heterocycles. The molecule has 0 radical (unpaired) electrons. The van der Waals surface area contributed by atoms with Crippen molar-refractivity contribution in [3.8, 4) is 17.2 Å². The van der Waals surface area contributed by atoms with Crippen molar-refractivity contribution < 1.29 is 13.9 Å². The topological polar surface area (TPSA) is 30.5 Å². The molecule has 0 unspecified atom stereocenters. The highest BCUT2D eigenvalue weighted by molar-refractivity contribution is 5.45. The zero-order chi connectivity index (χ0) is 15.2. The molecular formula is C17H20FNO2. The molecule has 0 aliphatic rings. The van der Waals surface area contributed by atoms with Crippen LogP contribution in [0.5, 0.6) is 17.2 Å². The minimum atomic E-state index is -0.275. The molecule has 0 saturated heterocycles. The number of methoxy groups -OCH3 is 1. The average Bonchev–Trinajstić information content (AvgIpc) is 2.48. The van der Waals surface area contributed by atoms with Gasteiger partial charge < -0.3 is 14.8 Å². The minimum Gasteiger partial charge on any atom is -0.493 e. The Kier molecular flexibility index (Phi) is 5.17. The van der Waals surface area contributed by atoms with E-state index in [1.807, 2.05) is 38.1 Å². The maximum Gasteiger partial charge on any atom is 0.169 e. The summed E-state index contributed by atoms with van der Waals surface area (Å²) in [6.07, 6.45) is 0. The first-order valence-electron chi connectivity index (χ1n) is 6.93. The van der Waals surface area contributed by atoms with E-state index in [1.165, 1.54) is 12.1 Å². The van der Waals surface area contributed by atoms with E-state index in [0.29, 0.717) is 29.8 Å². The Morgan fingerprint density at radius 1 is 1.05 bits per heavy atom. The molecule has 1 N–H and O–H groups in total. The van der Waals surface area contributed by atoms with Crippen LogP contribution < -0.4 is 14.8 Å². The molecule has 0 aliphatic heterocycles. The van der Waals surface area contributed by atoms with Crippen LogP contribution in [0.2, 0.25) is 0 Å². The van der Waals surface area contributed by atoms with Gasteiger partial charge in [-0.2, -0.15) is 0 Å². The van der Waals surface area contributed by atoms with Crippen LogP contribution in [0.15, 0.2) is 42.5 Å². The van der Waals surface area contributed by atoms with Crippen molar-refractivity contribution in [2.24, 2.45) is 0 Å². The molecule has 112 valence electrons. The number of rotatable bonds is 6. The minimum absolute atomic E-state index is 0.275. The van der Waals surface area contributed by atoms with Gasteiger partial charge in [-0.1, -0.05) is 26.0 Å². The van der Waals surface area contributed by atoms with Crippen LogP contribution in [-0.2, 0) is 6.54 Å². The highest BCUT2D eigenvalue weighted by Crippen LogP contribution is 2.33. The highest BCUT2D eigenvalue weighted by atomic mass is 19.1. The summed E-state index contributed by atoms with van der Waals surface area (Å²) < 4.78 is 24.6. The number of hydrogen-bond donors (Lipinski definition) is 1. The molecule has 2 rings (SSSR count). The predicted molar refractivity (Wildman–Crippen MR) is 81.4 cm³/mol. The largest absolute Gasteiger partial charge is 0.493 e. The first kappa shape index (κ1) is 15.3. The molecule has 0 spiro atoms. The van der Waals surface area contributed by atoms with Crippen molar-refractivity contribution in [3.05, 3.63) is 53.8 Å². The third-order valence-electron chi connectivity index (χ3n) is 3.01. The molecule has 21 heavy (non-hydrogen) atoms. The lowest BCUT2D eigenvalue weighted by atomic mass is 10.2. The van der Waals surface area contributed by atoms with Gasteiger partial charge in [0.25, 0.3) is 0 Å². The van der Waals surface area contributed by atoms with Gasteiger partial charge in [-0.25, -0.2) is 4.39 Å². The van der Waals surface area contributed by atoms with E-state index in [1.54, 1.807) is 13.2 Å². The normalized spacial score (nSPS) is 10.7. The number of ether oxygens (including phenoxy) is 2. The Morgan fingerprint density at radius 2 is 1.76 bits per heavy atom. The van der Waals surface area contributed by atoms with E-state index in [-0.39, 0.29) is 5.82 Å². The summed E-state index contributed by atoms with van der Waals surface area (Å²) in [5, 5.41) is 3.27. The SMILES string of the molecule is COc1ccccc1Oc1ccc(F)cc1CNC(C)C. The summed E-state index contributed by atoms with van der Waals surface area (Å²) in [6, 6.07) is 12.2. The molecule has 0 amide bonds. The van der Waals surface area contributed by atoms with Crippen molar-refractivity contribution >= 4 is 0 Å². The summed E-state index contributed by atoms with van der Waals surface area (Å²) in [6.45, 7) is 4.63. The van der Waals surface area contributed by atoms with Crippen molar-refractivity contribution in [2.45, 2.75) is 26.4 Å². The van der Waals surface area contributed by atoms with Crippen LogP contribution in [0.1, 0.15) is 19.4 Å². The number of para-hydroxylation sites is 2. The maximum absolute atomic E-state index is 13.4. The number of benzene rings is 2. The van der Waals surface area contributed by atoms with Crippen LogP contribution in [-0.4, -0.2) is 13.2 Å². The molecule has 2 aromatic rings. The van der Waals surface area contributed by atoms with E-state index in [0.717, 1.165) is 5.56 Å². The van der Waals surface area contributed by atoms with Crippen LogP contribution in [0.25, 0.3) is 0 Å². The van der Waals surface area contributed by atoms with Crippen molar-refractivity contribution in [2.75, 3.05) is 7.11 Å². The fourth-order valence-electron chi connectivity index (χ4n) is 1.92. The molecular weight excluding hydrogens is 269 g/mol. The summed E-state index contributed by atoms with van der Waals surface area (Å²) in [4.78, 5) is 0. The number of hydrogen-bond acceptors (Lipinski definition) is 3. The molecule has 0 aromatic heterocycles. The van der Waals surface area contributed by atoms with Gasteiger partial charge in [0.2, 0.25) is 0 Å². The van der Waals surface area contributed by atoms with Crippen LogP contribution >= 0.6 is 0 Å². The molecule has 0 bridgehead atoms. The van der Waals surface area contributed by atoms with E-state index < -0.39 is 0 Å². The lowest BCUT2D eigenvalue weighted by molar-refractivity contribution is 0.376. The summed E-state index contributed by atoms with van der Waals surface area (Å²) in [5.74, 6) is 1.60. The Labute approximate surface area is 124 Å². The number of nitrogens with one attached hydrogen (secondary N) is 1. The van der Waals surface area contributed by atoms with Gasteiger partial charge in [0, 0.05) is 18.2 Å². The Morgan fingerprint density at radius 3 is 2.43 bits per heavy atom. The van der Waals surface area contributed by atoms with E-state index in [4.69, 9.17) is 9.47 Å². The fourth-order valence-corrected chi connectivity index (χ4v) is 1.92. The second-order valence-corrected chi connectivity index (χ2v) is 5.04. The quantitative estimate of drug-likeness (QED) is 0.867. The second-order valence-electron chi connectivity index (χ2n) is 5.04. The molecule has 2 aromatic carbocycles. The van der Waals surface area contributed by atoms with Gasteiger partial charge in [-0.3, -0.25) is 0 Å². The van der Waals surface area contributed by atoms with Crippen molar-refractivity contribution in [1.82, 2.24) is 5.32 Å². The van der Waals surface area contributed by atoms with Gasteiger partial charge in [-0.05, 0) is 30.3 Å². The maximum atomic E-state index is 13.4. The summed E-state index contributed by atoms with van der Waals surface area (Å²) in [7, 11) is 1.59. The Bertz CT molecular complexity index is 599. The third kappa shape index (κ3) is 4.20. The van der Waals surface area contributed by atoms with E-state index >= 15 is 0 Å². The van der Waals surface area contributed by atoms with Gasteiger partial charge in [0.05, 0.1) is 7.11 Å².